The molecule has 108 valence electrons. The molecule has 0 radical (unpaired) electrons. The molecule has 20 heavy (non-hydrogen) atoms. The number of imidazole rings is 1. The molecule has 0 amide bonds. The van der Waals surface area contributed by atoms with Gasteiger partial charge in [-0.3, -0.25) is 4.57 Å². The van der Waals surface area contributed by atoms with E-state index in [1.165, 1.54) is 19.6 Å². The van der Waals surface area contributed by atoms with E-state index in [0.29, 0.717) is 17.6 Å². The van der Waals surface area contributed by atoms with Gasteiger partial charge in [-0.15, -0.1) is 0 Å². The molecule has 2 aromatic rings. The zero-order valence-electron chi connectivity index (χ0n) is 11.3. The Hall–Kier alpha value is -1.77. The van der Waals surface area contributed by atoms with Crippen LogP contribution in [0.3, 0.4) is 0 Å². The minimum atomic E-state index is -1.44. The maximum Gasteiger partial charge on any atom is 0.168 e. The van der Waals surface area contributed by atoms with Crippen molar-refractivity contribution < 1.29 is 14.9 Å². The average molecular weight is 279 g/mol. The lowest BCUT2D eigenvalue weighted by Crippen LogP contribution is -2.43. The molecule has 2 unspecified atom stereocenters. The van der Waals surface area contributed by atoms with Crippen molar-refractivity contribution in [1.82, 2.24) is 19.5 Å². The van der Waals surface area contributed by atoms with Gasteiger partial charge in [-0.2, -0.15) is 0 Å². The summed E-state index contributed by atoms with van der Waals surface area (Å²) in [6, 6.07) is 0. The van der Waals surface area contributed by atoms with Gasteiger partial charge in [0.15, 0.2) is 17.7 Å². The third-order valence-electron chi connectivity index (χ3n) is 3.80. The van der Waals surface area contributed by atoms with E-state index < -0.39 is 24.0 Å². The van der Waals surface area contributed by atoms with Gasteiger partial charge in [0.25, 0.3) is 0 Å². The summed E-state index contributed by atoms with van der Waals surface area (Å²) < 4.78 is 7.33. The van der Waals surface area contributed by atoms with Crippen molar-refractivity contribution in [3.05, 3.63) is 12.7 Å². The number of anilines is 1. The van der Waals surface area contributed by atoms with Crippen molar-refractivity contribution in [3.63, 3.8) is 0 Å². The number of aliphatic hydroxyl groups is 2. The maximum absolute atomic E-state index is 10.5. The zero-order chi connectivity index (χ0) is 14.5. The van der Waals surface area contributed by atoms with Gasteiger partial charge in [0, 0.05) is 0 Å². The number of aromatic nitrogens is 4. The van der Waals surface area contributed by atoms with Crippen LogP contribution in [0, 0.1) is 0 Å². The molecule has 4 N–H and O–H groups in total. The molecule has 8 heteroatoms. The number of rotatable bonds is 2. The monoisotopic (exact) mass is 279 g/mol. The summed E-state index contributed by atoms with van der Waals surface area (Å²) in [5.74, 6) is 0.263. The van der Waals surface area contributed by atoms with E-state index in [1.54, 1.807) is 4.57 Å². The number of ether oxygens (including phenoxy) is 1. The standard InChI is InChI=1S/C12H17N5O3/c1-3-6-8(18)12(2,19)11(20-6)17-5-16-7-9(13)14-4-15-10(7)17/h4-6,8,11,18-19H,3H2,1-2H3,(H2,13,14,15)/t6-,8?,11-,12?/m1/s1. The molecule has 0 saturated carbocycles. The molecule has 3 rings (SSSR count). The fourth-order valence-electron chi connectivity index (χ4n) is 2.61. The zero-order valence-corrected chi connectivity index (χ0v) is 11.3. The van der Waals surface area contributed by atoms with Crippen LogP contribution in [0.4, 0.5) is 5.82 Å². The highest BCUT2D eigenvalue weighted by Gasteiger charge is 2.52. The molecule has 0 spiro atoms. The second-order valence-electron chi connectivity index (χ2n) is 5.19. The average Bonchev–Trinajstić information content (AvgIpc) is 2.92. The molecule has 2 aromatic heterocycles. The lowest BCUT2D eigenvalue weighted by atomic mass is 9.95. The van der Waals surface area contributed by atoms with Crippen molar-refractivity contribution >= 4 is 17.0 Å². The van der Waals surface area contributed by atoms with E-state index in [2.05, 4.69) is 15.0 Å². The predicted octanol–water partition coefficient (Wildman–Crippen LogP) is -0.172. The smallest absolute Gasteiger partial charge is 0.168 e. The highest BCUT2D eigenvalue weighted by atomic mass is 16.6. The van der Waals surface area contributed by atoms with Crippen LogP contribution in [-0.2, 0) is 4.74 Å². The summed E-state index contributed by atoms with van der Waals surface area (Å²) in [5, 5.41) is 20.7. The minimum absolute atomic E-state index is 0.263. The maximum atomic E-state index is 10.5. The normalized spacial score (nSPS) is 33.9. The van der Waals surface area contributed by atoms with Crippen LogP contribution in [0.2, 0.25) is 0 Å². The first kappa shape index (κ1) is 13.2. The molecule has 4 atom stereocenters. The number of aliphatic hydroxyl groups excluding tert-OH is 1. The first-order valence-electron chi connectivity index (χ1n) is 6.45. The minimum Gasteiger partial charge on any atom is -0.387 e. The Bertz CT molecular complexity index is 641. The van der Waals surface area contributed by atoms with Gasteiger partial charge in [-0.25, -0.2) is 15.0 Å². The van der Waals surface area contributed by atoms with Crippen molar-refractivity contribution in [2.45, 2.75) is 44.3 Å². The van der Waals surface area contributed by atoms with Gasteiger partial charge >= 0.3 is 0 Å². The number of nitrogens with zero attached hydrogens (tertiary/aromatic N) is 4. The van der Waals surface area contributed by atoms with Crippen LogP contribution >= 0.6 is 0 Å². The summed E-state index contributed by atoms with van der Waals surface area (Å²) in [6.45, 7) is 3.42. The largest absolute Gasteiger partial charge is 0.387 e. The Morgan fingerprint density at radius 1 is 1.45 bits per heavy atom. The van der Waals surface area contributed by atoms with Crippen molar-refractivity contribution in [3.8, 4) is 0 Å². The molecule has 1 fully saturated rings. The van der Waals surface area contributed by atoms with Crippen molar-refractivity contribution in [2.24, 2.45) is 0 Å². The molecular formula is C12H17N5O3. The molecule has 0 aromatic carbocycles. The Labute approximate surface area is 115 Å². The van der Waals surface area contributed by atoms with Gasteiger partial charge in [0.05, 0.1) is 12.4 Å². The number of nitrogen functional groups attached to an aromatic ring is 1. The van der Waals surface area contributed by atoms with Crippen LogP contribution in [0.1, 0.15) is 26.5 Å². The van der Waals surface area contributed by atoms with Gasteiger partial charge < -0.3 is 20.7 Å². The van der Waals surface area contributed by atoms with E-state index in [-0.39, 0.29) is 5.82 Å². The SMILES string of the molecule is CC[C@H]1O[C@@H](n2cnc3c(N)ncnc32)C(C)(O)C1O. The third kappa shape index (κ3) is 1.69. The molecule has 1 aliphatic rings. The van der Waals surface area contributed by atoms with Gasteiger partial charge in [-0.05, 0) is 13.3 Å². The lowest BCUT2D eigenvalue weighted by molar-refractivity contribution is -0.0940. The Kier molecular flexibility index (Phi) is 2.89. The Balaban J connectivity index is 2.10. The molecular weight excluding hydrogens is 262 g/mol. The molecule has 1 aliphatic heterocycles. The second kappa shape index (κ2) is 4.37. The summed E-state index contributed by atoms with van der Waals surface area (Å²) in [7, 11) is 0. The van der Waals surface area contributed by atoms with E-state index >= 15 is 0 Å². The van der Waals surface area contributed by atoms with E-state index in [1.807, 2.05) is 6.92 Å². The summed E-state index contributed by atoms with van der Waals surface area (Å²) in [6.07, 6.45) is 1.22. The highest BCUT2D eigenvalue weighted by Crippen LogP contribution is 2.40. The van der Waals surface area contributed by atoms with Crippen LogP contribution in [0.25, 0.3) is 11.2 Å². The number of hydrogen-bond donors (Lipinski definition) is 3. The van der Waals surface area contributed by atoms with Crippen LogP contribution in [-0.4, -0.2) is 47.5 Å². The molecule has 1 saturated heterocycles. The topological polar surface area (TPSA) is 119 Å². The quantitative estimate of drug-likeness (QED) is 0.698. The fourth-order valence-corrected chi connectivity index (χ4v) is 2.61. The summed E-state index contributed by atoms with van der Waals surface area (Å²) in [4.78, 5) is 12.1. The van der Waals surface area contributed by atoms with Crippen LogP contribution in [0.15, 0.2) is 12.7 Å². The lowest BCUT2D eigenvalue weighted by Gasteiger charge is -2.27. The molecule has 3 heterocycles. The third-order valence-corrected chi connectivity index (χ3v) is 3.80. The summed E-state index contributed by atoms with van der Waals surface area (Å²) in [5.41, 5.74) is 5.21. The van der Waals surface area contributed by atoms with Crippen molar-refractivity contribution in [2.75, 3.05) is 5.73 Å². The molecule has 0 bridgehead atoms. The summed E-state index contributed by atoms with van der Waals surface area (Å²) >= 11 is 0. The molecule has 0 aliphatic carbocycles. The predicted molar refractivity (Wildman–Crippen MR) is 70.6 cm³/mol. The van der Waals surface area contributed by atoms with E-state index in [4.69, 9.17) is 10.5 Å². The van der Waals surface area contributed by atoms with Gasteiger partial charge in [0.2, 0.25) is 0 Å². The van der Waals surface area contributed by atoms with Gasteiger partial charge in [0.1, 0.15) is 23.5 Å². The molecule has 8 nitrogen and oxygen atoms in total. The van der Waals surface area contributed by atoms with E-state index in [0.717, 1.165) is 0 Å². The number of fused-ring (bicyclic) bond motifs is 1. The van der Waals surface area contributed by atoms with Crippen LogP contribution < -0.4 is 5.73 Å². The fraction of sp³-hybridized carbons (Fsp3) is 0.583. The van der Waals surface area contributed by atoms with Gasteiger partial charge in [-0.1, -0.05) is 6.92 Å². The number of hydrogen-bond acceptors (Lipinski definition) is 7. The highest BCUT2D eigenvalue weighted by molar-refractivity contribution is 5.81. The second-order valence-corrected chi connectivity index (χ2v) is 5.19. The Morgan fingerprint density at radius 3 is 2.85 bits per heavy atom. The van der Waals surface area contributed by atoms with E-state index in [9.17, 15) is 10.2 Å². The Morgan fingerprint density at radius 2 is 2.20 bits per heavy atom. The number of nitrogens with two attached hydrogens (primary N) is 1. The first-order chi connectivity index (χ1) is 9.46. The van der Waals surface area contributed by atoms with Crippen LogP contribution in [0.5, 0.6) is 0 Å². The first-order valence-corrected chi connectivity index (χ1v) is 6.45. The van der Waals surface area contributed by atoms with Crippen molar-refractivity contribution in [1.29, 1.82) is 0 Å².